The maximum atomic E-state index is 12.7. The number of allylic oxidation sites excluding steroid dienone is 2. The van der Waals surface area contributed by atoms with E-state index in [4.69, 9.17) is 0 Å². The Morgan fingerprint density at radius 3 is 2.83 bits per heavy atom. The second kappa shape index (κ2) is 5.15. The van der Waals surface area contributed by atoms with Gasteiger partial charge in [-0.1, -0.05) is 25.1 Å². The Balaban J connectivity index is 1.75. The molecule has 0 aliphatic heterocycles. The highest BCUT2D eigenvalue weighted by molar-refractivity contribution is 5.96. The van der Waals surface area contributed by atoms with Crippen LogP contribution in [0, 0.1) is 17.3 Å². The monoisotopic (exact) mass is 308 g/mol. The summed E-state index contributed by atoms with van der Waals surface area (Å²) in [6, 6.07) is 6.22. The van der Waals surface area contributed by atoms with E-state index in [1.807, 2.05) is 12.1 Å². The molecule has 3 aliphatic rings. The zero-order valence-electron chi connectivity index (χ0n) is 14.0. The van der Waals surface area contributed by atoms with Crippen LogP contribution in [0.5, 0.6) is 0 Å². The number of hydrogen-bond acceptors (Lipinski definition) is 2. The fourth-order valence-electron chi connectivity index (χ4n) is 5.46. The van der Waals surface area contributed by atoms with Crippen molar-refractivity contribution in [1.82, 2.24) is 0 Å². The molecule has 2 heteroatoms. The van der Waals surface area contributed by atoms with E-state index in [0.29, 0.717) is 23.5 Å². The smallest absolute Gasteiger partial charge is 0.161 e. The number of hydrogen-bond donors (Lipinski definition) is 0. The van der Waals surface area contributed by atoms with Crippen LogP contribution in [0.4, 0.5) is 0 Å². The van der Waals surface area contributed by atoms with E-state index < -0.39 is 0 Å². The Bertz CT molecular complexity index is 715. The third-order valence-corrected chi connectivity index (χ3v) is 6.82. The van der Waals surface area contributed by atoms with E-state index in [1.54, 1.807) is 6.92 Å². The van der Waals surface area contributed by atoms with Gasteiger partial charge in [0.1, 0.15) is 0 Å². The van der Waals surface area contributed by atoms with Gasteiger partial charge in [-0.2, -0.15) is 0 Å². The van der Waals surface area contributed by atoms with Crippen LogP contribution in [0.1, 0.15) is 66.9 Å². The standard InChI is InChI=1S/C21H24O2/c1-13(22)14-6-9-17-15(12-14)7-11-19-18(17)10-8-16-4-3-5-20(23)21(16,19)2/h3,5-6,9,12,16,18-19H,4,7-8,10-11H2,1-2H3/t16-,18+,19+,21+/m1/s1. The van der Waals surface area contributed by atoms with Gasteiger partial charge in [-0.15, -0.1) is 0 Å². The van der Waals surface area contributed by atoms with Crippen molar-refractivity contribution in [2.24, 2.45) is 17.3 Å². The topological polar surface area (TPSA) is 34.1 Å². The van der Waals surface area contributed by atoms with Crippen LogP contribution in [-0.2, 0) is 11.2 Å². The van der Waals surface area contributed by atoms with E-state index in [2.05, 4.69) is 25.1 Å². The Hall–Kier alpha value is -1.70. The predicted molar refractivity (Wildman–Crippen MR) is 90.6 cm³/mol. The second-order valence-electron chi connectivity index (χ2n) is 7.78. The lowest BCUT2D eigenvalue weighted by Gasteiger charge is -2.53. The third kappa shape index (κ3) is 2.07. The summed E-state index contributed by atoms with van der Waals surface area (Å²) < 4.78 is 0. The molecule has 0 amide bonds. The van der Waals surface area contributed by atoms with Crippen LogP contribution in [0.25, 0.3) is 0 Å². The molecule has 3 aliphatic carbocycles. The summed E-state index contributed by atoms with van der Waals surface area (Å²) in [4.78, 5) is 24.4. The Labute approximate surface area is 138 Å². The van der Waals surface area contributed by atoms with E-state index in [1.165, 1.54) is 17.5 Å². The van der Waals surface area contributed by atoms with Crippen molar-refractivity contribution in [3.63, 3.8) is 0 Å². The molecule has 2 nitrogen and oxygen atoms in total. The van der Waals surface area contributed by atoms with Crippen LogP contribution in [0.3, 0.4) is 0 Å². The first-order valence-electron chi connectivity index (χ1n) is 8.86. The molecule has 0 N–H and O–H groups in total. The molecule has 4 atom stereocenters. The Morgan fingerprint density at radius 1 is 1.22 bits per heavy atom. The molecule has 0 aromatic heterocycles. The molecular formula is C21H24O2. The Kier molecular flexibility index (Phi) is 3.33. The number of fused-ring (bicyclic) bond motifs is 5. The van der Waals surface area contributed by atoms with Crippen LogP contribution < -0.4 is 0 Å². The quantitative estimate of drug-likeness (QED) is 0.717. The molecule has 1 fully saturated rings. The molecule has 120 valence electrons. The van der Waals surface area contributed by atoms with Gasteiger partial charge in [0, 0.05) is 11.0 Å². The van der Waals surface area contributed by atoms with Gasteiger partial charge < -0.3 is 0 Å². The van der Waals surface area contributed by atoms with Gasteiger partial charge in [0.2, 0.25) is 0 Å². The minimum absolute atomic E-state index is 0.137. The average molecular weight is 308 g/mol. The maximum Gasteiger partial charge on any atom is 0.161 e. The normalized spacial score (nSPS) is 35.2. The minimum Gasteiger partial charge on any atom is -0.295 e. The van der Waals surface area contributed by atoms with E-state index in [0.717, 1.165) is 31.2 Å². The summed E-state index contributed by atoms with van der Waals surface area (Å²) >= 11 is 0. The summed E-state index contributed by atoms with van der Waals surface area (Å²) in [6.07, 6.45) is 9.35. The Morgan fingerprint density at radius 2 is 2.04 bits per heavy atom. The SMILES string of the molecule is CC(=O)c1ccc2c(c1)CC[C@H]1[C@H]2CC[C@H]2CC=CC(=O)[C@@]21C. The first-order valence-corrected chi connectivity index (χ1v) is 8.86. The van der Waals surface area contributed by atoms with Crippen LogP contribution in [0.15, 0.2) is 30.4 Å². The van der Waals surface area contributed by atoms with Crippen LogP contribution in [0.2, 0.25) is 0 Å². The number of Topliss-reactive ketones (excluding diaryl/α,β-unsaturated/α-hetero) is 1. The summed E-state index contributed by atoms with van der Waals surface area (Å²) in [5.74, 6) is 1.93. The largest absolute Gasteiger partial charge is 0.295 e. The summed E-state index contributed by atoms with van der Waals surface area (Å²) in [7, 11) is 0. The molecule has 1 aromatic rings. The summed E-state index contributed by atoms with van der Waals surface area (Å²) in [6.45, 7) is 3.85. The van der Waals surface area contributed by atoms with Crippen LogP contribution >= 0.6 is 0 Å². The zero-order chi connectivity index (χ0) is 16.2. The predicted octanol–water partition coefficient (Wildman–Crippen LogP) is 4.48. The number of carbonyl (C=O) groups excluding carboxylic acids is 2. The molecule has 0 spiro atoms. The van der Waals surface area contributed by atoms with Crippen molar-refractivity contribution < 1.29 is 9.59 Å². The van der Waals surface area contributed by atoms with Gasteiger partial charge in [-0.05, 0) is 80.1 Å². The first-order chi connectivity index (χ1) is 11.0. The number of benzene rings is 1. The lowest BCUT2D eigenvalue weighted by molar-refractivity contribution is -0.134. The van der Waals surface area contributed by atoms with Gasteiger partial charge in [-0.3, -0.25) is 9.59 Å². The summed E-state index contributed by atoms with van der Waals surface area (Å²) in [5, 5.41) is 0. The third-order valence-electron chi connectivity index (χ3n) is 6.82. The number of aryl methyl sites for hydroxylation is 1. The molecular weight excluding hydrogens is 284 g/mol. The van der Waals surface area contributed by atoms with E-state index in [9.17, 15) is 9.59 Å². The fourth-order valence-corrected chi connectivity index (χ4v) is 5.46. The van der Waals surface area contributed by atoms with Gasteiger partial charge in [0.15, 0.2) is 11.6 Å². The lowest BCUT2D eigenvalue weighted by Crippen LogP contribution is -2.50. The molecule has 0 heterocycles. The molecule has 0 unspecified atom stereocenters. The zero-order valence-corrected chi connectivity index (χ0v) is 14.0. The van der Waals surface area contributed by atoms with Gasteiger partial charge in [-0.25, -0.2) is 0 Å². The average Bonchev–Trinajstić information content (AvgIpc) is 2.55. The molecule has 1 aromatic carbocycles. The maximum absolute atomic E-state index is 12.7. The van der Waals surface area contributed by atoms with E-state index >= 15 is 0 Å². The van der Waals surface area contributed by atoms with E-state index in [-0.39, 0.29) is 11.2 Å². The first kappa shape index (κ1) is 14.9. The van der Waals surface area contributed by atoms with Crippen molar-refractivity contribution in [1.29, 1.82) is 0 Å². The van der Waals surface area contributed by atoms with Crippen molar-refractivity contribution in [3.05, 3.63) is 47.0 Å². The molecule has 1 saturated carbocycles. The molecule has 4 rings (SSSR count). The highest BCUT2D eigenvalue weighted by Crippen LogP contribution is 2.58. The van der Waals surface area contributed by atoms with Crippen LogP contribution in [-0.4, -0.2) is 11.6 Å². The number of rotatable bonds is 1. The van der Waals surface area contributed by atoms with Gasteiger partial charge in [0.25, 0.3) is 0 Å². The number of carbonyl (C=O) groups is 2. The van der Waals surface area contributed by atoms with Crippen molar-refractivity contribution in [2.45, 2.75) is 51.9 Å². The van der Waals surface area contributed by atoms with Crippen molar-refractivity contribution >= 4 is 11.6 Å². The highest BCUT2D eigenvalue weighted by Gasteiger charge is 2.53. The lowest BCUT2D eigenvalue weighted by atomic mass is 9.50. The molecule has 0 bridgehead atoms. The molecule has 0 radical (unpaired) electrons. The fraction of sp³-hybridized carbons (Fsp3) is 0.524. The van der Waals surface area contributed by atoms with Crippen molar-refractivity contribution in [3.8, 4) is 0 Å². The highest BCUT2D eigenvalue weighted by atomic mass is 16.1. The summed E-state index contributed by atoms with van der Waals surface area (Å²) in [5.41, 5.74) is 3.36. The van der Waals surface area contributed by atoms with Gasteiger partial charge in [0.05, 0.1) is 0 Å². The number of ketones is 2. The molecule has 0 saturated heterocycles. The minimum atomic E-state index is -0.186. The van der Waals surface area contributed by atoms with Crippen molar-refractivity contribution in [2.75, 3.05) is 0 Å². The second-order valence-corrected chi connectivity index (χ2v) is 7.78. The van der Waals surface area contributed by atoms with Gasteiger partial charge >= 0.3 is 0 Å². The molecule has 23 heavy (non-hydrogen) atoms.